The standard InChI is InChI=1S/C16H17FN4O3/c17-13-9-12(4-5-14(13)21-8-2-6-18-21)19-16(24)20-7-1-3-11(10-20)15(22)23/h2,4-6,8-9,11H,1,3,7,10H2,(H,19,24)(H,22,23). The summed E-state index contributed by atoms with van der Waals surface area (Å²) >= 11 is 0. The molecule has 126 valence electrons. The van der Waals surface area contributed by atoms with Crippen molar-refractivity contribution in [2.75, 3.05) is 18.4 Å². The van der Waals surface area contributed by atoms with Gasteiger partial charge in [0.15, 0.2) is 5.82 Å². The molecule has 1 fully saturated rings. The van der Waals surface area contributed by atoms with E-state index in [-0.39, 0.29) is 12.2 Å². The largest absolute Gasteiger partial charge is 0.481 e. The minimum absolute atomic E-state index is 0.162. The van der Waals surface area contributed by atoms with Gasteiger partial charge < -0.3 is 15.3 Å². The van der Waals surface area contributed by atoms with Crippen LogP contribution in [0.15, 0.2) is 36.7 Å². The number of amides is 2. The Labute approximate surface area is 137 Å². The van der Waals surface area contributed by atoms with Crippen molar-refractivity contribution < 1.29 is 19.1 Å². The molecular formula is C16H17FN4O3. The first-order valence-electron chi connectivity index (χ1n) is 7.63. The molecule has 1 aliphatic rings. The van der Waals surface area contributed by atoms with E-state index >= 15 is 0 Å². The summed E-state index contributed by atoms with van der Waals surface area (Å²) in [6, 6.07) is 5.58. The lowest BCUT2D eigenvalue weighted by atomic mass is 9.99. The molecule has 2 amide bonds. The number of urea groups is 1. The third-order valence-electron chi connectivity index (χ3n) is 4.01. The van der Waals surface area contributed by atoms with Crippen LogP contribution < -0.4 is 5.32 Å². The van der Waals surface area contributed by atoms with Gasteiger partial charge in [0.1, 0.15) is 5.69 Å². The van der Waals surface area contributed by atoms with Crippen molar-refractivity contribution in [3.8, 4) is 5.69 Å². The maximum absolute atomic E-state index is 14.2. The molecule has 1 aromatic carbocycles. The van der Waals surface area contributed by atoms with Crippen molar-refractivity contribution in [1.29, 1.82) is 0 Å². The molecule has 1 saturated heterocycles. The topological polar surface area (TPSA) is 87.5 Å². The van der Waals surface area contributed by atoms with E-state index in [1.165, 1.54) is 21.7 Å². The first-order chi connectivity index (χ1) is 11.5. The zero-order valence-electron chi connectivity index (χ0n) is 12.9. The number of hydrogen-bond donors (Lipinski definition) is 2. The predicted molar refractivity (Wildman–Crippen MR) is 84.5 cm³/mol. The Balaban J connectivity index is 1.68. The smallest absolute Gasteiger partial charge is 0.321 e. The van der Waals surface area contributed by atoms with Crippen LogP contribution in [0.3, 0.4) is 0 Å². The number of aliphatic carboxylic acids is 1. The number of nitrogens with one attached hydrogen (secondary N) is 1. The second-order valence-electron chi connectivity index (χ2n) is 5.67. The molecule has 8 heteroatoms. The fourth-order valence-electron chi connectivity index (χ4n) is 2.75. The van der Waals surface area contributed by atoms with Crippen molar-refractivity contribution in [2.24, 2.45) is 5.92 Å². The summed E-state index contributed by atoms with van der Waals surface area (Å²) in [5.74, 6) is -1.97. The molecular weight excluding hydrogens is 315 g/mol. The zero-order valence-corrected chi connectivity index (χ0v) is 12.9. The van der Waals surface area contributed by atoms with E-state index in [1.807, 2.05) is 0 Å². The van der Waals surface area contributed by atoms with Gasteiger partial charge in [-0.25, -0.2) is 13.9 Å². The molecule has 0 bridgehead atoms. The number of hydrogen-bond acceptors (Lipinski definition) is 3. The molecule has 2 N–H and O–H groups in total. The number of halogens is 1. The van der Waals surface area contributed by atoms with E-state index in [2.05, 4.69) is 10.4 Å². The van der Waals surface area contributed by atoms with Crippen molar-refractivity contribution in [1.82, 2.24) is 14.7 Å². The van der Waals surface area contributed by atoms with Crippen molar-refractivity contribution in [2.45, 2.75) is 12.8 Å². The number of anilines is 1. The van der Waals surface area contributed by atoms with Gasteiger partial charge in [0.2, 0.25) is 0 Å². The molecule has 24 heavy (non-hydrogen) atoms. The maximum atomic E-state index is 14.2. The summed E-state index contributed by atoms with van der Waals surface area (Å²) in [5.41, 5.74) is 0.591. The van der Waals surface area contributed by atoms with Crippen LogP contribution in [0, 0.1) is 11.7 Å². The number of benzene rings is 1. The highest BCUT2D eigenvalue weighted by atomic mass is 19.1. The second kappa shape index (κ2) is 6.69. The average molecular weight is 332 g/mol. The monoisotopic (exact) mass is 332 g/mol. The Kier molecular flexibility index (Phi) is 4.45. The number of carbonyl (C=O) groups excluding carboxylic acids is 1. The van der Waals surface area contributed by atoms with Gasteiger partial charge in [-0.15, -0.1) is 0 Å². The quantitative estimate of drug-likeness (QED) is 0.903. The predicted octanol–water partition coefficient (Wildman–Crippen LogP) is 2.34. The first-order valence-corrected chi connectivity index (χ1v) is 7.63. The molecule has 7 nitrogen and oxygen atoms in total. The van der Waals surface area contributed by atoms with E-state index in [0.29, 0.717) is 25.1 Å². The third-order valence-corrected chi connectivity index (χ3v) is 4.01. The lowest BCUT2D eigenvalue weighted by Crippen LogP contribution is -2.44. The van der Waals surface area contributed by atoms with Crippen LogP contribution in [-0.2, 0) is 4.79 Å². The summed E-state index contributed by atoms with van der Waals surface area (Å²) < 4.78 is 15.6. The van der Waals surface area contributed by atoms with Crippen LogP contribution in [-0.4, -0.2) is 44.9 Å². The molecule has 0 radical (unpaired) electrons. The molecule has 0 aliphatic carbocycles. The maximum Gasteiger partial charge on any atom is 0.321 e. The molecule has 2 aromatic rings. The molecule has 1 atom stereocenters. The number of carbonyl (C=O) groups is 2. The first kappa shape index (κ1) is 16.0. The molecule has 0 spiro atoms. The highest BCUT2D eigenvalue weighted by molar-refractivity contribution is 5.90. The Morgan fingerprint density at radius 3 is 2.88 bits per heavy atom. The Morgan fingerprint density at radius 1 is 1.38 bits per heavy atom. The number of carboxylic acid groups (broad SMARTS) is 1. The highest BCUT2D eigenvalue weighted by Gasteiger charge is 2.28. The van der Waals surface area contributed by atoms with Crippen LogP contribution in [0.2, 0.25) is 0 Å². The molecule has 0 saturated carbocycles. The molecule has 1 unspecified atom stereocenters. The minimum Gasteiger partial charge on any atom is -0.481 e. The third kappa shape index (κ3) is 3.37. The second-order valence-corrected chi connectivity index (χ2v) is 5.67. The summed E-state index contributed by atoms with van der Waals surface area (Å²) in [6.45, 7) is 0.651. The van der Waals surface area contributed by atoms with Crippen molar-refractivity contribution in [3.63, 3.8) is 0 Å². The van der Waals surface area contributed by atoms with Crippen molar-refractivity contribution >= 4 is 17.7 Å². The molecule has 2 heterocycles. The van der Waals surface area contributed by atoms with E-state index in [0.717, 1.165) is 0 Å². The van der Waals surface area contributed by atoms with E-state index in [4.69, 9.17) is 5.11 Å². The SMILES string of the molecule is O=C(O)C1CCCN(C(=O)Nc2ccc(-n3cccn3)c(F)c2)C1. The molecule has 1 aromatic heterocycles. The number of aromatic nitrogens is 2. The highest BCUT2D eigenvalue weighted by Crippen LogP contribution is 2.20. The van der Waals surface area contributed by atoms with Gasteiger partial charge in [0, 0.05) is 31.2 Å². The van der Waals surface area contributed by atoms with Crippen LogP contribution in [0.1, 0.15) is 12.8 Å². The van der Waals surface area contributed by atoms with E-state index < -0.39 is 23.7 Å². The van der Waals surface area contributed by atoms with Gasteiger partial charge in [-0.05, 0) is 37.1 Å². The zero-order chi connectivity index (χ0) is 17.1. The van der Waals surface area contributed by atoms with Gasteiger partial charge in [-0.3, -0.25) is 4.79 Å². The lowest BCUT2D eigenvalue weighted by Gasteiger charge is -2.30. The summed E-state index contributed by atoms with van der Waals surface area (Å²) in [6.07, 6.45) is 4.37. The van der Waals surface area contributed by atoms with Gasteiger partial charge in [0.05, 0.1) is 5.92 Å². The average Bonchev–Trinajstić information content (AvgIpc) is 3.09. The van der Waals surface area contributed by atoms with Crippen LogP contribution >= 0.6 is 0 Å². The van der Waals surface area contributed by atoms with Gasteiger partial charge in [0.25, 0.3) is 0 Å². The van der Waals surface area contributed by atoms with E-state index in [1.54, 1.807) is 24.5 Å². The number of carboxylic acids is 1. The van der Waals surface area contributed by atoms with E-state index in [9.17, 15) is 14.0 Å². The Morgan fingerprint density at radius 2 is 2.21 bits per heavy atom. The van der Waals surface area contributed by atoms with Crippen molar-refractivity contribution in [3.05, 3.63) is 42.5 Å². The fourth-order valence-corrected chi connectivity index (χ4v) is 2.75. The fraction of sp³-hybridized carbons (Fsp3) is 0.312. The summed E-state index contributed by atoms with van der Waals surface area (Å²) in [5, 5.41) is 15.6. The number of likely N-dealkylation sites (tertiary alicyclic amines) is 1. The van der Waals surface area contributed by atoms with Gasteiger partial charge in [-0.1, -0.05) is 0 Å². The number of nitrogens with zero attached hydrogens (tertiary/aromatic N) is 3. The molecule has 3 rings (SSSR count). The van der Waals surface area contributed by atoms with Crippen LogP contribution in [0.4, 0.5) is 14.9 Å². The van der Waals surface area contributed by atoms with Gasteiger partial charge in [-0.2, -0.15) is 5.10 Å². The molecule has 1 aliphatic heterocycles. The normalized spacial score (nSPS) is 17.5. The van der Waals surface area contributed by atoms with Crippen LogP contribution in [0.5, 0.6) is 0 Å². The Bertz CT molecular complexity index is 748. The summed E-state index contributed by atoms with van der Waals surface area (Å²) in [7, 11) is 0. The Hall–Kier alpha value is -2.90. The summed E-state index contributed by atoms with van der Waals surface area (Å²) in [4.78, 5) is 24.7. The van der Waals surface area contributed by atoms with Gasteiger partial charge >= 0.3 is 12.0 Å². The lowest BCUT2D eigenvalue weighted by molar-refractivity contribution is -0.143. The minimum atomic E-state index is -0.901. The number of piperidine rings is 1. The number of rotatable bonds is 3. The van der Waals surface area contributed by atoms with Crippen LogP contribution in [0.25, 0.3) is 5.69 Å².